The van der Waals surface area contributed by atoms with Gasteiger partial charge < -0.3 is 19.5 Å². The number of anilines is 1. The summed E-state index contributed by atoms with van der Waals surface area (Å²) in [5, 5.41) is 2.72. The van der Waals surface area contributed by atoms with Gasteiger partial charge in [0.2, 0.25) is 0 Å². The van der Waals surface area contributed by atoms with Gasteiger partial charge >= 0.3 is 5.97 Å². The number of hydrogen-bond donors (Lipinski definition) is 1. The van der Waals surface area contributed by atoms with Crippen molar-refractivity contribution in [1.82, 2.24) is 0 Å². The van der Waals surface area contributed by atoms with E-state index in [1.165, 1.54) is 0 Å². The summed E-state index contributed by atoms with van der Waals surface area (Å²) < 4.78 is 16.4. The third-order valence-corrected chi connectivity index (χ3v) is 4.06. The van der Waals surface area contributed by atoms with Crippen LogP contribution in [0.4, 0.5) is 5.69 Å². The van der Waals surface area contributed by atoms with Crippen LogP contribution in [-0.4, -0.2) is 31.2 Å². The summed E-state index contributed by atoms with van der Waals surface area (Å²) in [5.41, 5.74) is 2.66. The van der Waals surface area contributed by atoms with Crippen molar-refractivity contribution in [2.24, 2.45) is 0 Å². The zero-order chi connectivity index (χ0) is 18.5. The van der Waals surface area contributed by atoms with Crippen LogP contribution < -0.4 is 14.8 Å². The number of esters is 1. The van der Waals surface area contributed by atoms with Crippen LogP contribution in [0.15, 0.2) is 42.5 Å². The fraction of sp³-hybridized carbons (Fsp3) is 0.300. The first kappa shape index (κ1) is 17.8. The smallest absolute Gasteiger partial charge is 0.310 e. The largest absolute Gasteiger partial charge is 0.489 e. The second kappa shape index (κ2) is 7.91. The first-order valence-electron chi connectivity index (χ1n) is 8.46. The second-order valence-corrected chi connectivity index (χ2v) is 6.09. The molecule has 0 radical (unpaired) electrons. The summed E-state index contributed by atoms with van der Waals surface area (Å²) in [4.78, 5) is 24.0. The molecule has 0 fully saturated rings. The maximum Gasteiger partial charge on any atom is 0.310 e. The van der Waals surface area contributed by atoms with E-state index in [1.807, 2.05) is 32.0 Å². The number of aryl methyl sites for hydroxylation is 2. The third kappa shape index (κ3) is 4.14. The Morgan fingerprint density at radius 2 is 1.81 bits per heavy atom. The molecular formula is C20H21NO5. The van der Waals surface area contributed by atoms with Crippen LogP contribution in [0, 0.1) is 13.8 Å². The molecule has 0 aliphatic carbocycles. The first-order chi connectivity index (χ1) is 12.5. The number of hydrogen-bond acceptors (Lipinski definition) is 5. The molecule has 1 atom stereocenters. The summed E-state index contributed by atoms with van der Waals surface area (Å²) >= 11 is 0. The van der Waals surface area contributed by atoms with Gasteiger partial charge in [0.25, 0.3) is 5.91 Å². The minimum atomic E-state index is -0.892. The molecule has 136 valence electrons. The highest BCUT2D eigenvalue weighted by atomic mass is 16.6. The van der Waals surface area contributed by atoms with Gasteiger partial charge in [-0.1, -0.05) is 30.3 Å². The van der Waals surface area contributed by atoms with Gasteiger partial charge in [0.15, 0.2) is 6.10 Å². The predicted molar refractivity (Wildman–Crippen MR) is 96.5 cm³/mol. The standard InChI is InChI=1S/C20H21NO5/c1-13-6-5-7-14(2)19(13)25-11-10-24-18(22)12-17-20(23)21-15-8-3-4-9-16(15)26-17/h3-9,17H,10-12H2,1-2H3,(H,21,23)/t17-/m1/s1. The molecule has 3 rings (SSSR count). The van der Waals surface area contributed by atoms with Gasteiger partial charge in [0, 0.05) is 0 Å². The first-order valence-corrected chi connectivity index (χ1v) is 8.46. The molecule has 1 aliphatic heterocycles. The number of fused-ring (bicyclic) bond motifs is 1. The Morgan fingerprint density at radius 3 is 2.58 bits per heavy atom. The molecule has 1 heterocycles. The molecule has 0 bridgehead atoms. The SMILES string of the molecule is Cc1cccc(C)c1OCCOC(=O)C[C@H]1Oc2ccccc2NC1=O. The van der Waals surface area contributed by atoms with Crippen LogP contribution >= 0.6 is 0 Å². The van der Waals surface area contributed by atoms with Gasteiger partial charge in [-0.15, -0.1) is 0 Å². The molecule has 0 saturated heterocycles. The molecule has 26 heavy (non-hydrogen) atoms. The Bertz CT molecular complexity index is 797. The number of ether oxygens (including phenoxy) is 3. The predicted octanol–water partition coefficient (Wildman–Crippen LogP) is 3.02. The monoisotopic (exact) mass is 355 g/mol. The second-order valence-electron chi connectivity index (χ2n) is 6.09. The van der Waals surface area contributed by atoms with Crippen molar-refractivity contribution in [2.45, 2.75) is 26.4 Å². The van der Waals surface area contributed by atoms with E-state index >= 15 is 0 Å². The summed E-state index contributed by atoms with van der Waals surface area (Å²) in [6, 6.07) is 13.0. The quantitative estimate of drug-likeness (QED) is 0.637. The van der Waals surface area contributed by atoms with Crippen molar-refractivity contribution in [3.8, 4) is 11.5 Å². The molecule has 1 aliphatic rings. The minimum Gasteiger partial charge on any atom is -0.489 e. The number of benzene rings is 2. The van der Waals surface area contributed by atoms with E-state index in [-0.39, 0.29) is 25.5 Å². The lowest BCUT2D eigenvalue weighted by Crippen LogP contribution is -2.39. The van der Waals surface area contributed by atoms with Gasteiger partial charge in [-0.2, -0.15) is 0 Å². The van der Waals surface area contributed by atoms with Gasteiger partial charge in [-0.05, 0) is 37.1 Å². The van der Waals surface area contributed by atoms with Crippen LogP contribution in [0.1, 0.15) is 17.5 Å². The fourth-order valence-electron chi connectivity index (χ4n) is 2.76. The molecule has 2 aromatic rings. The van der Waals surface area contributed by atoms with E-state index in [0.717, 1.165) is 16.9 Å². The summed E-state index contributed by atoms with van der Waals surface area (Å²) in [6.45, 7) is 4.28. The molecule has 0 unspecified atom stereocenters. The molecule has 0 spiro atoms. The number of rotatable bonds is 6. The number of nitrogens with one attached hydrogen (secondary N) is 1. The highest BCUT2D eigenvalue weighted by molar-refractivity contribution is 5.99. The van der Waals surface area contributed by atoms with Crippen LogP contribution in [0.3, 0.4) is 0 Å². The van der Waals surface area contributed by atoms with Crippen LogP contribution in [0.25, 0.3) is 0 Å². The lowest BCUT2D eigenvalue weighted by atomic mass is 10.1. The van der Waals surface area contributed by atoms with Gasteiger partial charge in [0.05, 0.1) is 12.1 Å². The highest BCUT2D eigenvalue weighted by Crippen LogP contribution is 2.29. The Hall–Kier alpha value is -3.02. The van der Waals surface area contributed by atoms with E-state index in [2.05, 4.69) is 5.32 Å². The highest BCUT2D eigenvalue weighted by Gasteiger charge is 2.30. The normalized spacial score (nSPS) is 15.5. The van der Waals surface area contributed by atoms with E-state index in [9.17, 15) is 9.59 Å². The molecule has 1 N–H and O–H groups in total. The topological polar surface area (TPSA) is 73.9 Å². The van der Waals surface area contributed by atoms with Crippen molar-refractivity contribution in [3.05, 3.63) is 53.6 Å². The fourth-order valence-corrected chi connectivity index (χ4v) is 2.76. The number of carbonyl (C=O) groups is 2. The maximum absolute atomic E-state index is 12.0. The van der Waals surface area contributed by atoms with Crippen molar-refractivity contribution in [1.29, 1.82) is 0 Å². The van der Waals surface area contributed by atoms with Crippen LogP contribution in [0.2, 0.25) is 0 Å². The van der Waals surface area contributed by atoms with Crippen LogP contribution in [-0.2, 0) is 14.3 Å². The summed E-state index contributed by atoms with van der Waals surface area (Å²) in [5.74, 6) is 0.487. The zero-order valence-corrected chi connectivity index (χ0v) is 14.8. The number of para-hydroxylation sites is 3. The Labute approximate surface area is 152 Å². The molecule has 0 aromatic heterocycles. The van der Waals surface area contributed by atoms with Gasteiger partial charge in [-0.25, -0.2) is 0 Å². The average Bonchev–Trinajstić information content (AvgIpc) is 2.61. The zero-order valence-electron chi connectivity index (χ0n) is 14.8. The van der Waals surface area contributed by atoms with Gasteiger partial charge in [0.1, 0.15) is 24.7 Å². The maximum atomic E-state index is 12.0. The van der Waals surface area contributed by atoms with E-state index < -0.39 is 12.1 Å². The number of carbonyl (C=O) groups excluding carboxylic acids is 2. The number of amides is 1. The average molecular weight is 355 g/mol. The van der Waals surface area contributed by atoms with Crippen molar-refractivity contribution in [2.75, 3.05) is 18.5 Å². The van der Waals surface area contributed by atoms with Crippen molar-refractivity contribution in [3.63, 3.8) is 0 Å². The molecule has 1 amide bonds. The van der Waals surface area contributed by atoms with Crippen molar-refractivity contribution >= 4 is 17.6 Å². The lowest BCUT2D eigenvalue weighted by Gasteiger charge is -2.25. The minimum absolute atomic E-state index is 0.109. The third-order valence-electron chi connectivity index (χ3n) is 4.06. The summed E-state index contributed by atoms with van der Waals surface area (Å²) in [7, 11) is 0. The Balaban J connectivity index is 1.45. The molecule has 6 nitrogen and oxygen atoms in total. The molecular weight excluding hydrogens is 334 g/mol. The van der Waals surface area contributed by atoms with E-state index in [4.69, 9.17) is 14.2 Å². The van der Waals surface area contributed by atoms with Crippen LogP contribution in [0.5, 0.6) is 11.5 Å². The van der Waals surface area contributed by atoms with Crippen molar-refractivity contribution < 1.29 is 23.8 Å². The van der Waals surface area contributed by atoms with E-state index in [1.54, 1.807) is 24.3 Å². The molecule has 0 saturated carbocycles. The Morgan fingerprint density at radius 1 is 1.08 bits per heavy atom. The lowest BCUT2D eigenvalue weighted by molar-refractivity contribution is -0.148. The molecule has 2 aromatic carbocycles. The van der Waals surface area contributed by atoms with E-state index in [0.29, 0.717) is 11.4 Å². The Kier molecular flexibility index (Phi) is 5.41. The van der Waals surface area contributed by atoms with Gasteiger partial charge in [-0.3, -0.25) is 9.59 Å². The molecule has 6 heteroatoms. The summed E-state index contributed by atoms with van der Waals surface area (Å²) in [6.07, 6.45) is -1.04.